The van der Waals surface area contributed by atoms with Crippen molar-refractivity contribution in [1.82, 2.24) is 19.8 Å². The fourth-order valence-corrected chi connectivity index (χ4v) is 4.76. The van der Waals surface area contributed by atoms with Crippen LogP contribution in [0, 0.1) is 5.41 Å². The molecule has 2 aliphatic rings. The zero-order chi connectivity index (χ0) is 17.1. The summed E-state index contributed by atoms with van der Waals surface area (Å²) in [4.78, 5) is 25.7. The third-order valence-electron chi connectivity index (χ3n) is 5.61. The SMILES string of the molecule is O=C(c1cscn1)N1CCC2(CCCN(Cc3ccccn3)C2)CC1. The molecule has 0 radical (unpaired) electrons. The van der Waals surface area contributed by atoms with Crippen LogP contribution in [0.25, 0.3) is 0 Å². The van der Waals surface area contributed by atoms with E-state index < -0.39 is 0 Å². The predicted molar refractivity (Wildman–Crippen MR) is 98.4 cm³/mol. The van der Waals surface area contributed by atoms with E-state index in [0.717, 1.165) is 51.3 Å². The van der Waals surface area contributed by atoms with E-state index in [1.165, 1.54) is 24.2 Å². The van der Waals surface area contributed by atoms with Gasteiger partial charge in [0.05, 0.1) is 11.2 Å². The lowest BCUT2D eigenvalue weighted by atomic mass is 9.72. The second-order valence-corrected chi connectivity index (χ2v) is 8.02. The smallest absolute Gasteiger partial charge is 0.273 e. The molecule has 0 aromatic carbocycles. The molecule has 0 atom stereocenters. The van der Waals surface area contributed by atoms with Gasteiger partial charge in [-0.05, 0) is 49.8 Å². The summed E-state index contributed by atoms with van der Waals surface area (Å²) >= 11 is 1.48. The normalized spacial score (nSPS) is 20.7. The van der Waals surface area contributed by atoms with Gasteiger partial charge >= 0.3 is 0 Å². The molecule has 5 nitrogen and oxygen atoms in total. The van der Waals surface area contributed by atoms with Crippen LogP contribution in [0.2, 0.25) is 0 Å². The van der Waals surface area contributed by atoms with Crippen LogP contribution in [0.15, 0.2) is 35.3 Å². The molecule has 2 fully saturated rings. The Morgan fingerprint density at radius 2 is 2.04 bits per heavy atom. The summed E-state index contributed by atoms with van der Waals surface area (Å²) in [5, 5.41) is 1.85. The zero-order valence-corrected chi connectivity index (χ0v) is 15.2. The van der Waals surface area contributed by atoms with Crippen LogP contribution in [-0.2, 0) is 6.54 Å². The number of nitrogens with zero attached hydrogens (tertiary/aromatic N) is 4. The van der Waals surface area contributed by atoms with Crippen molar-refractivity contribution < 1.29 is 4.79 Å². The number of piperidine rings is 2. The van der Waals surface area contributed by atoms with Crippen LogP contribution in [0.3, 0.4) is 0 Å². The van der Waals surface area contributed by atoms with Crippen LogP contribution in [0.4, 0.5) is 0 Å². The number of thiazole rings is 1. The second kappa shape index (κ2) is 7.22. The van der Waals surface area contributed by atoms with Gasteiger partial charge in [0, 0.05) is 37.8 Å². The molecule has 1 spiro atoms. The number of aromatic nitrogens is 2. The number of amides is 1. The van der Waals surface area contributed by atoms with Crippen LogP contribution in [0.5, 0.6) is 0 Å². The lowest BCUT2D eigenvalue weighted by Crippen LogP contribution is -2.50. The van der Waals surface area contributed by atoms with Crippen LogP contribution >= 0.6 is 11.3 Å². The molecule has 6 heteroatoms. The highest BCUT2D eigenvalue weighted by atomic mass is 32.1. The van der Waals surface area contributed by atoms with E-state index in [1.807, 2.05) is 22.5 Å². The number of rotatable bonds is 3. The van der Waals surface area contributed by atoms with Gasteiger partial charge in [0.25, 0.3) is 5.91 Å². The lowest BCUT2D eigenvalue weighted by Gasteiger charge is -2.47. The van der Waals surface area contributed by atoms with Crippen molar-refractivity contribution >= 4 is 17.2 Å². The monoisotopic (exact) mass is 356 g/mol. The van der Waals surface area contributed by atoms with E-state index in [0.29, 0.717) is 11.1 Å². The van der Waals surface area contributed by atoms with Crippen molar-refractivity contribution in [2.24, 2.45) is 5.41 Å². The summed E-state index contributed by atoms with van der Waals surface area (Å²) in [7, 11) is 0. The minimum atomic E-state index is 0.0947. The first kappa shape index (κ1) is 16.7. The minimum Gasteiger partial charge on any atom is -0.337 e. The summed E-state index contributed by atoms with van der Waals surface area (Å²) in [6.07, 6.45) is 6.60. The Hall–Kier alpha value is -1.79. The molecule has 0 unspecified atom stereocenters. The van der Waals surface area contributed by atoms with E-state index in [-0.39, 0.29) is 5.91 Å². The van der Waals surface area contributed by atoms with Crippen molar-refractivity contribution in [1.29, 1.82) is 0 Å². The maximum absolute atomic E-state index is 12.5. The molecular formula is C19H24N4OS. The van der Waals surface area contributed by atoms with Gasteiger partial charge in [0.2, 0.25) is 0 Å². The molecule has 4 rings (SSSR count). The van der Waals surface area contributed by atoms with Gasteiger partial charge in [0.15, 0.2) is 0 Å². The van der Waals surface area contributed by atoms with Crippen molar-refractivity contribution in [2.75, 3.05) is 26.2 Å². The second-order valence-electron chi connectivity index (χ2n) is 7.30. The van der Waals surface area contributed by atoms with E-state index in [4.69, 9.17) is 0 Å². The molecule has 2 saturated heterocycles. The van der Waals surface area contributed by atoms with Crippen molar-refractivity contribution in [3.8, 4) is 0 Å². The minimum absolute atomic E-state index is 0.0947. The van der Waals surface area contributed by atoms with E-state index in [2.05, 4.69) is 27.0 Å². The Bertz CT molecular complexity index is 695. The lowest BCUT2D eigenvalue weighted by molar-refractivity contribution is 0.0192. The van der Waals surface area contributed by atoms with Crippen LogP contribution in [-0.4, -0.2) is 51.9 Å². The summed E-state index contributed by atoms with van der Waals surface area (Å²) in [6.45, 7) is 4.92. The van der Waals surface area contributed by atoms with E-state index in [1.54, 1.807) is 5.51 Å². The Labute approximate surface area is 152 Å². The van der Waals surface area contributed by atoms with Gasteiger partial charge in [-0.2, -0.15) is 0 Å². The van der Waals surface area contributed by atoms with Gasteiger partial charge in [-0.3, -0.25) is 14.7 Å². The van der Waals surface area contributed by atoms with Crippen LogP contribution < -0.4 is 0 Å². The van der Waals surface area contributed by atoms with Crippen LogP contribution in [0.1, 0.15) is 41.9 Å². The molecule has 2 aromatic rings. The standard InChI is InChI=1S/C19H24N4OS/c24-18(17-13-25-15-21-17)23-10-6-19(7-11-23)5-3-9-22(14-19)12-16-4-1-2-8-20-16/h1-2,4,8,13,15H,3,5-7,9-12,14H2. The molecular weight excluding hydrogens is 332 g/mol. The Balaban J connectivity index is 1.36. The fourth-order valence-electron chi connectivity index (χ4n) is 4.24. The number of hydrogen-bond donors (Lipinski definition) is 0. The largest absolute Gasteiger partial charge is 0.337 e. The van der Waals surface area contributed by atoms with E-state index >= 15 is 0 Å². The highest BCUT2D eigenvalue weighted by molar-refractivity contribution is 7.07. The van der Waals surface area contributed by atoms with Gasteiger partial charge in [-0.25, -0.2) is 4.98 Å². The Kier molecular flexibility index (Phi) is 4.81. The Morgan fingerprint density at radius 1 is 1.16 bits per heavy atom. The summed E-state index contributed by atoms with van der Waals surface area (Å²) in [5.74, 6) is 0.0947. The molecule has 4 heterocycles. The zero-order valence-electron chi connectivity index (χ0n) is 14.4. The van der Waals surface area contributed by atoms with Gasteiger partial charge in [-0.15, -0.1) is 11.3 Å². The first-order valence-corrected chi connectivity index (χ1v) is 9.98. The van der Waals surface area contributed by atoms with E-state index in [9.17, 15) is 4.79 Å². The highest BCUT2D eigenvalue weighted by Crippen LogP contribution is 2.40. The van der Waals surface area contributed by atoms with Crippen molar-refractivity contribution in [2.45, 2.75) is 32.2 Å². The Morgan fingerprint density at radius 3 is 2.76 bits per heavy atom. The topological polar surface area (TPSA) is 49.3 Å². The third-order valence-corrected chi connectivity index (χ3v) is 6.20. The summed E-state index contributed by atoms with van der Waals surface area (Å²) < 4.78 is 0. The first-order chi connectivity index (χ1) is 12.2. The molecule has 0 bridgehead atoms. The average Bonchev–Trinajstić information content (AvgIpc) is 3.18. The van der Waals surface area contributed by atoms with Gasteiger partial charge in [-0.1, -0.05) is 6.07 Å². The molecule has 132 valence electrons. The maximum atomic E-state index is 12.5. The summed E-state index contributed by atoms with van der Waals surface area (Å²) in [6, 6.07) is 6.14. The molecule has 0 aliphatic carbocycles. The van der Waals surface area contributed by atoms with Gasteiger partial charge < -0.3 is 4.90 Å². The quantitative estimate of drug-likeness (QED) is 0.848. The molecule has 25 heavy (non-hydrogen) atoms. The third kappa shape index (κ3) is 3.75. The van der Waals surface area contributed by atoms with Crippen molar-refractivity contribution in [3.63, 3.8) is 0 Å². The first-order valence-electron chi connectivity index (χ1n) is 9.04. The molecule has 2 aliphatic heterocycles. The number of likely N-dealkylation sites (tertiary alicyclic amines) is 2. The number of pyridine rings is 1. The average molecular weight is 356 g/mol. The van der Waals surface area contributed by atoms with Crippen molar-refractivity contribution in [3.05, 3.63) is 46.7 Å². The maximum Gasteiger partial charge on any atom is 0.273 e. The molecule has 2 aromatic heterocycles. The summed E-state index contributed by atoms with van der Waals surface area (Å²) in [5.41, 5.74) is 3.85. The number of carbonyl (C=O) groups is 1. The molecule has 0 saturated carbocycles. The fraction of sp³-hybridized carbons (Fsp3) is 0.526. The molecule has 0 N–H and O–H groups in total. The molecule has 1 amide bonds. The van der Waals surface area contributed by atoms with Gasteiger partial charge in [0.1, 0.15) is 5.69 Å². The number of carbonyl (C=O) groups excluding carboxylic acids is 1. The predicted octanol–water partition coefficient (Wildman–Crippen LogP) is 3.06. The number of hydrogen-bond acceptors (Lipinski definition) is 5. The highest BCUT2D eigenvalue weighted by Gasteiger charge is 2.39.